The van der Waals surface area contributed by atoms with Crippen molar-refractivity contribution in [1.29, 1.82) is 0 Å². The Hall–Kier alpha value is -2.64. The van der Waals surface area contributed by atoms with Crippen molar-refractivity contribution >= 4 is 32.5 Å². The van der Waals surface area contributed by atoms with Gasteiger partial charge in [-0.05, 0) is 31.2 Å². The minimum Gasteiger partial charge on any atom is -0.311 e. The average molecular weight is 352 g/mol. The average Bonchev–Trinajstić information content (AvgIpc) is 3.07. The molecule has 1 N–H and O–H groups in total. The van der Waals surface area contributed by atoms with Crippen LogP contribution in [0.2, 0.25) is 0 Å². The van der Waals surface area contributed by atoms with Gasteiger partial charge in [-0.25, -0.2) is 4.98 Å². The molecule has 0 aliphatic carbocycles. The largest absolute Gasteiger partial charge is 0.311 e. The van der Waals surface area contributed by atoms with Crippen LogP contribution in [-0.4, -0.2) is 27.0 Å². The second-order valence-corrected chi connectivity index (χ2v) is 7.22. The Balaban J connectivity index is 1.62. The highest BCUT2D eigenvalue weighted by Gasteiger charge is 2.21. The summed E-state index contributed by atoms with van der Waals surface area (Å²) in [5.74, 6) is 0. The maximum Gasteiger partial charge on any atom is 0.282 e. The lowest BCUT2D eigenvalue weighted by atomic mass is 10.2. The molecule has 2 atom stereocenters. The highest BCUT2D eigenvalue weighted by molar-refractivity contribution is 7.18. The molecular formula is C18H18N5OS+. The predicted octanol–water partition coefficient (Wildman–Crippen LogP) is 1.63. The van der Waals surface area contributed by atoms with Gasteiger partial charge in [-0.3, -0.25) is 4.79 Å². The summed E-state index contributed by atoms with van der Waals surface area (Å²) >= 11 is 1.70. The fraction of sp³-hybridized carbons (Fsp3) is 0.222. The second kappa shape index (κ2) is 6.34. The van der Waals surface area contributed by atoms with Gasteiger partial charge in [0.1, 0.15) is 11.6 Å². The first kappa shape index (κ1) is 15.9. The lowest BCUT2D eigenvalue weighted by Gasteiger charge is -2.19. The zero-order valence-corrected chi connectivity index (χ0v) is 14.8. The quantitative estimate of drug-likeness (QED) is 0.606. The summed E-state index contributed by atoms with van der Waals surface area (Å²) in [5, 5.41) is 9.88. The normalized spacial score (nSPS) is 14.0. The molecule has 0 aliphatic heterocycles. The van der Waals surface area contributed by atoms with Crippen molar-refractivity contribution in [3.05, 3.63) is 63.9 Å². The minimum atomic E-state index is -0.110. The standard InChI is InChI=1S/C18H17N5OS/c1-12(17-19-15-9-5-6-10-16(15)25-17)22(2)11-23-18(24)13-7-3-4-8-14(13)20-21-23/h3-10,12H,11H2,1-2H3/p+1/t12-/m1/s1. The number of para-hydroxylation sites is 1. The summed E-state index contributed by atoms with van der Waals surface area (Å²) < 4.78 is 2.61. The molecule has 0 radical (unpaired) electrons. The highest BCUT2D eigenvalue weighted by Crippen LogP contribution is 2.24. The maximum atomic E-state index is 12.6. The van der Waals surface area contributed by atoms with Crippen LogP contribution in [0.3, 0.4) is 0 Å². The minimum absolute atomic E-state index is 0.110. The molecule has 1 unspecified atom stereocenters. The molecular weight excluding hydrogens is 334 g/mol. The molecule has 0 amide bonds. The first-order chi connectivity index (χ1) is 12.1. The monoisotopic (exact) mass is 352 g/mol. The lowest BCUT2D eigenvalue weighted by Crippen LogP contribution is -3.08. The zero-order valence-electron chi connectivity index (χ0n) is 14.0. The van der Waals surface area contributed by atoms with E-state index in [2.05, 4.69) is 23.3 Å². The van der Waals surface area contributed by atoms with Crippen LogP contribution in [0.4, 0.5) is 0 Å². The van der Waals surface area contributed by atoms with Crippen LogP contribution in [0, 0.1) is 0 Å². The number of thiazole rings is 1. The smallest absolute Gasteiger partial charge is 0.282 e. The molecule has 0 bridgehead atoms. The van der Waals surface area contributed by atoms with Crippen LogP contribution in [0.25, 0.3) is 21.1 Å². The number of aromatic nitrogens is 4. The van der Waals surface area contributed by atoms with Crippen molar-refractivity contribution in [2.45, 2.75) is 19.6 Å². The van der Waals surface area contributed by atoms with Crippen molar-refractivity contribution in [2.75, 3.05) is 7.05 Å². The Morgan fingerprint density at radius 3 is 2.64 bits per heavy atom. The predicted molar refractivity (Wildman–Crippen MR) is 98.7 cm³/mol. The Labute approximate surface area is 148 Å². The van der Waals surface area contributed by atoms with Crippen LogP contribution in [0.1, 0.15) is 18.0 Å². The molecule has 2 aromatic carbocycles. The number of nitrogens with one attached hydrogen (secondary N) is 1. The van der Waals surface area contributed by atoms with Crippen LogP contribution in [-0.2, 0) is 6.67 Å². The van der Waals surface area contributed by atoms with E-state index in [1.807, 2.05) is 37.4 Å². The first-order valence-corrected chi connectivity index (χ1v) is 8.95. The topological polar surface area (TPSA) is 65.1 Å². The summed E-state index contributed by atoms with van der Waals surface area (Å²) in [6, 6.07) is 15.6. The van der Waals surface area contributed by atoms with Crippen molar-refractivity contribution in [3.8, 4) is 0 Å². The molecule has 4 rings (SSSR count). The van der Waals surface area contributed by atoms with Gasteiger partial charge in [0.2, 0.25) is 0 Å². The van der Waals surface area contributed by atoms with Crippen LogP contribution in [0.15, 0.2) is 53.3 Å². The number of quaternary nitrogens is 1. The molecule has 6 nitrogen and oxygen atoms in total. The second-order valence-electron chi connectivity index (χ2n) is 6.16. The number of hydrogen-bond donors (Lipinski definition) is 1. The number of hydrogen-bond acceptors (Lipinski definition) is 5. The number of nitrogens with zero attached hydrogens (tertiary/aromatic N) is 4. The van der Waals surface area contributed by atoms with Crippen molar-refractivity contribution in [3.63, 3.8) is 0 Å². The van der Waals surface area contributed by atoms with E-state index in [1.165, 1.54) is 9.38 Å². The van der Waals surface area contributed by atoms with E-state index in [9.17, 15) is 4.79 Å². The molecule has 0 spiro atoms. The summed E-state index contributed by atoms with van der Waals surface area (Å²) in [5.41, 5.74) is 1.53. The van der Waals surface area contributed by atoms with Gasteiger partial charge in [0.15, 0.2) is 11.7 Å². The Morgan fingerprint density at radius 1 is 1.12 bits per heavy atom. The fourth-order valence-corrected chi connectivity index (χ4v) is 3.90. The third-order valence-electron chi connectivity index (χ3n) is 4.45. The van der Waals surface area contributed by atoms with Crippen molar-refractivity contribution < 1.29 is 4.90 Å². The van der Waals surface area contributed by atoms with Gasteiger partial charge in [0.25, 0.3) is 5.56 Å². The van der Waals surface area contributed by atoms with E-state index >= 15 is 0 Å². The molecule has 0 saturated heterocycles. The van der Waals surface area contributed by atoms with Crippen molar-refractivity contribution in [1.82, 2.24) is 20.0 Å². The molecule has 126 valence electrons. The number of benzene rings is 2. The number of fused-ring (bicyclic) bond motifs is 2. The lowest BCUT2D eigenvalue weighted by molar-refractivity contribution is -0.933. The third kappa shape index (κ3) is 2.92. The number of rotatable bonds is 4. The summed E-state index contributed by atoms with van der Waals surface area (Å²) in [6.07, 6.45) is 0. The Kier molecular flexibility index (Phi) is 4.03. The molecule has 25 heavy (non-hydrogen) atoms. The molecule has 7 heteroatoms. The van der Waals surface area contributed by atoms with E-state index in [0.29, 0.717) is 17.6 Å². The summed E-state index contributed by atoms with van der Waals surface area (Å²) in [4.78, 5) is 18.5. The van der Waals surface area contributed by atoms with Gasteiger partial charge >= 0.3 is 0 Å². The molecule has 2 aromatic heterocycles. The molecule has 2 heterocycles. The van der Waals surface area contributed by atoms with Crippen molar-refractivity contribution in [2.24, 2.45) is 0 Å². The van der Waals surface area contributed by atoms with E-state index in [0.717, 1.165) is 15.4 Å². The fourth-order valence-electron chi connectivity index (χ4n) is 2.79. The van der Waals surface area contributed by atoms with Gasteiger partial charge in [-0.1, -0.05) is 29.5 Å². The van der Waals surface area contributed by atoms with Gasteiger partial charge in [0, 0.05) is 0 Å². The molecule has 4 aromatic rings. The van der Waals surface area contributed by atoms with E-state index in [1.54, 1.807) is 23.5 Å². The molecule has 0 aliphatic rings. The Bertz CT molecular complexity index is 1070. The van der Waals surface area contributed by atoms with Gasteiger partial charge in [-0.2, -0.15) is 4.68 Å². The van der Waals surface area contributed by atoms with E-state index in [4.69, 9.17) is 4.98 Å². The van der Waals surface area contributed by atoms with E-state index < -0.39 is 0 Å². The maximum absolute atomic E-state index is 12.6. The summed E-state index contributed by atoms with van der Waals surface area (Å²) in [7, 11) is 2.04. The first-order valence-electron chi connectivity index (χ1n) is 8.14. The zero-order chi connectivity index (χ0) is 17.4. The summed E-state index contributed by atoms with van der Waals surface area (Å²) in [6.45, 7) is 2.56. The van der Waals surface area contributed by atoms with Gasteiger partial charge in [0.05, 0.1) is 22.7 Å². The third-order valence-corrected chi connectivity index (χ3v) is 5.67. The van der Waals surface area contributed by atoms with E-state index in [-0.39, 0.29) is 11.6 Å². The van der Waals surface area contributed by atoms with Crippen LogP contribution < -0.4 is 10.5 Å². The van der Waals surface area contributed by atoms with Gasteiger partial charge in [-0.15, -0.1) is 16.4 Å². The highest BCUT2D eigenvalue weighted by atomic mass is 32.1. The molecule has 0 saturated carbocycles. The SMILES string of the molecule is C[C@H](c1nc2ccccc2s1)[NH+](C)Cn1nnc2ccccc2c1=O. The van der Waals surface area contributed by atoms with Gasteiger partial charge < -0.3 is 4.90 Å². The van der Waals surface area contributed by atoms with Crippen LogP contribution in [0.5, 0.6) is 0 Å². The molecule has 0 fully saturated rings. The van der Waals surface area contributed by atoms with Crippen LogP contribution >= 0.6 is 11.3 Å². The Morgan fingerprint density at radius 2 is 1.84 bits per heavy atom.